The van der Waals surface area contributed by atoms with Crippen molar-refractivity contribution in [2.45, 2.75) is 6.92 Å². The number of rotatable bonds is 0. The van der Waals surface area contributed by atoms with E-state index in [1.54, 1.807) is 0 Å². The highest BCUT2D eigenvalue weighted by molar-refractivity contribution is 7.26. The SMILES string of the molecule is Cc1c2ccncc2cc2c1sc1ccncc12. The summed E-state index contributed by atoms with van der Waals surface area (Å²) in [6.45, 7) is 2.19. The Morgan fingerprint density at radius 1 is 0.944 bits per heavy atom. The first-order valence-corrected chi connectivity index (χ1v) is 6.66. The van der Waals surface area contributed by atoms with Crippen molar-refractivity contribution in [2.75, 3.05) is 0 Å². The molecule has 0 fully saturated rings. The molecule has 0 atom stereocenters. The second-order valence-electron chi connectivity index (χ2n) is 4.45. The maximum absolute atomic E-state index is 4.24. The van der Waals surface area contributed by atoms with Crippen molar-refractivity contribution in [1.82, 2.24) is 9.97 Å². The summed E-state index contributed by atoms with van der Waals surface area (Å²) in [7, 11) is 0. The van der Waals surface area contributed by atoms with Crippen LogP contribution in [0.5, 0.6) is 0 Å². The molecule has 0 radical (unpaired) electrons. The molecule has 0 aliphatic heterocycles. The standard InChI is InChI=1S/C15H10N2S/c1-9-11-2-4-16-7-10(11)6-12-13-8-17-5-3-14(13)18-15(9)12/h2-8H,1H3. The highest BCUT2D eigenvalue weighted by Crippen LogP contribution is 2.38. The van der Waals surface area contributed by atoms with Crippen LogP contribution < -0.4 is 0 Å². The third-order valence-electron chi connectivity index (χ3n) is 3.42. The van der Waals surface area contributed by atoms with Crippen LogP contribution in [-0.2, 0) is 0 Å². The predicted molar refractivity (Wildman–Crippen MR) is 77.2 cm³/mol. The van der Waals surface area contributed by atoms with E-state index >= 15 is 0 Å². The van der Waals surface area contributed by atoms with Crippen molar-refractivity contribution in [3.05, 3.63) is 48.5 Å². The van der Waals surface area contributed by atoms with Gasteiger partial charge in [0.1, 0.15) is 0 Å². The van der Waals surface area contributed by atoms with Crippen molar-refractivity contribution in [1.29, 1.82) is 0 Å². The van der Waals surface area contributed by atoms with E-state index in [-0.39, 0.29) is 0 Å². The Kier molecular flexibility index (Phi) is 1.94. The molecule has 3 aromatic heterocycles. The Hall–Kier alpha value is -2.00. The number of hydrogen-bond acceptors (Lipinski definition) is 3. The van der Waals surface area contributed by atoms with E-state index in [2.05, 4.69) is 35.1 Å². The monoisotopic (exact) mass is 250 g/mol. The molecular weight excluding hydrogens is 240 g/mol. The molecule has 4 aromatic rings. The van der Waals surface area contributed by atoms with Crippen LogP contribution in [0.4, 0.5) is 0 Å². The summed E-state index contributed by atoms with van der Waals surface area (Å²) in [5.41, 5.74) is 1.34. The molecule has 86 valence electrons. The van der Waals surface area contributed by atoms with Gasteiger partial charge in [0.05, 0.1) is 0 Å². The molecule has 0 unspecified atom stereocenters. The van der Waals surface area contributed by atoms with E-state index < -0.39 is 0 Å². The quantitative estimate of drug-likeness (QED) is 0.465. The molecule has 0 saturated carbocycles. The van der Waals surface area contributed by atoms with Crippen molar-refractivity contribution in [3.63, 3.8) is 0 Å². The lowest BCUT2D eigenvalue weighted by molar-refractivity contribution is 1.36. The highest BCUT2D eigenvalue weighted by Gasteiger charge is 2.10. The van der Waals surface area contributed by atoms with E-state index in [1.807, 2.05) is 36.1 Å². The van der Waals surface area contributed by atoms with Crippen LogP contribution in [0.25, 0.3) is 30.9 Å². The zero-order valence-corrected chi connectivity index (χ0v) is 10.7. The molecule has 18 heavy (non-hydrogen) atoms. The van der Waals surface area contributed by atoms with Crippen molar-refractivity contribution < 1.29 is 0 Å². The van der Waals surface area contributed by atoms with E-state index in [0.29, 0.717) is 0 Å². The van der Waals surface area contributed by atoms with E-state index in [9.17, 15) is 0 Å². The molecule has 0 spiro atoms. The van der Waals surface area contributed by atoms with E-state index in [0.717, 1.165) is 0 Å². The van der Waals surface area contributed by atoms with Gasteiger partial charge >= 0.3 is 0 Å². The van der Waals surface area contributed by atoms with Crippen LogP contribution in [0, 0.1) is 6.92 Å². The summed E-state index contributed by atoms with van der Waals surface area (Å²) in [5, 5.41) is 5.02. The van der Waals surface area contributed by atoms with E-state index in [4.69, 9.17) is 0 Å². The number of hydrogen-bond donors (Lipinski definition) is 0. The zero-order valence-electron chi connectivity index (χ0n) is 9.84. The van der Waals surface area contributed by atoms with Gasteiger partial charge in [-0.15, -0.1) is 11.3 Å². The summed E-state index contributed by atoms with van der Waals surface area (Å²) in [6.07, 6.45) is 7.60. The average molecular weight is 250 g/mol. The van der Waals surface area contributed by atoms with Crippen LogP contribution in [0.3, 0.4) is 0 Å². The lowest BCUT2D eigenvalue weighted by atomic mass is 10.0. The van der Waals surface area contributed by atoms with Gasteiger partial charge in [0, 0.05) is 50.3 Å². The Balaban J connectivity index is 2.33. The van der Waals surface area contributed by atoms with Gasteiger partial charge in [0.15, 0.2) is 0 Å². The Labute approximate surface area is 108 Å². The van der Waals surface area contributed by atoms with Gasteiger partial charge in [-0.2, -0.15) is 0 Å². The summed E-state index contributed by atoms with van der Waals surface area (Å²) in [4.78, 5) is 8.45. The first-order valence-electron chi connectivity index (χ1n) is 5.84. The molecule has 0 bridgehead atoms. The van der Waals surface area contributed by atoms with Crippen LogP contribution in [0.15, 0.2) is 43.0 Å². The van der Waals surface area contributed by atoms with E-state index in [1.165, 1.54) is 36.5 Å². The molecule has 2 nitrogen and oxygen atoms in total. The largest absolute Gasteiger partial charge is 0.264 e. The molecule has 4 rings (SSSR count). The number of fused-ring (bicyclic) bond motifs is 4. The fourth-order valence-corrected chi connectivity index (χ4v) is 3.69. The molecular formula is C15H10N2S. The Bertz CT molecular complexity index is 893. The van der Waals surface area contributed by atoms with Gasteiger partial charge in [0.25, 0.3) is 0 Å². The van der Waals surface area contributed by atoms with Crippen molar-refractivity contribution >= 4 is 42.3 Å². The molecule has 0 N–H and O–H groups in total. The molecule has 0 amide bonds. The molecule has 1 aromatic carbocycles. The number of aryl methyl sites for hydroxylation is 1. The van der Waals surface area contributed by atoms with Gasteiger partial charge < -0.3 is 0 Å². The third kappa shape index (κ3) is 1.22. The minimum Gasteiger partial charge on any atom is -0.264 e. The zero-order chi connectivity index (χ0) is 12.1. The molecule has 0 saturated heterocycles. The van der Waals surface area contributed by atoms with Gasteiger partial charge in [-0.05, 0) is 36.1 Å². The lowest BCUT2D eigenvalue weighted by Gasteiger charge is -2.03. The molecule has 3 heterocycles. The first kappa shape index (κ1) is 9.97. The summed E-state index contributed by atoms with van der Waals surface area (Å²) in [5.74, 6) is 0. The average Bonchev–Trinajstić information content (AvgIpc) is 2.79. The Morgan fingerprint density at radius 2 is 1.78 bits per heavy atom. The maximum Gasteiger partial charge on any atom is 0.0391 e. The minimum atomic E-state index is 1.20. The number of thiophene rings is 1. The van der Waals surface area contributed by atoms with Gasteiger partial charge in [0.2, 0.25) is 0 Å². The highest BCUT2D eigenvalue weighted by atomic mass is 32.1. The lowest BCUT2D eigenvalue weighted by Crippen LogP contribution is -1.80. The summed E-state index contributed by atoms with van der Waals surface area (Å²) >= 11 is 1.84. The summed E-state index contributed by atoms with van der Waals surface area (Å²) < 4.78 is 2.66. The fraction of sp³-hybridized carbons (Fsp3) is 0.0667. The van der Waals surface area contributed by atoms with Crippen LogP contribution in [0.2, 0.25) is 0 Å². The number of nitrogens with zero attached hydrogens (tertiary/aromatic N) is 2. The second kappa shape index (κ2) is 3.50. The molecule has 3 heteroatoms. The van der Waals surface area contributed by atoms with Gasteiger partial charge in [-0.25, -0.2) is 0 Å². The second-order valence-corrected chi connectivity index (χ2v) is 5.50. The van der Waals surface area contributed by atoms with Gasteiger partial charge in [-0.1, -0.05) is 0 Å². The summed E-state index contributed by atoms with van der Waals surface area (Å²) in [6, 6.07) is 6.40. The number of aromatic nitrogens is 2. The van der Waals surface area contributed by atoms with Crippen LogP contribution >= 0.6 is 11.3 Å². The maximum atomic E-state index is 4.24. The topological polar surface area (TPSA) is 25.8 Å². The number of pyridine rings is 2. The van der Waals surface area contributed by atoms with Gasteiger partial charge in [-0.3, -0.25) is 9.97 Å². The molecule has 0 aliphatic rings. The van der Waals surface area contributed by atoms with Crippen LogP contribution in [0.1, 0.15) is 5.56 Å². The predicted octanol–water partition coefficient (Wildman–Crippen LogP) is 4.31. The minimum absolute atomic E-state index is 1.20. The normalized spacial score (nSPS) is 11.6. The molecule has 0 aliphatic carbocycles. The van der Waals surface area contributed by atoms with Crippen molar-refractivity contribution in [3.8, 4) is 0 Å². The smallest absolute Gasteiger partial charge is 0.0391 e. The third-order valence-corrected chi connectivity index (χ3v) is 4.73. The first-order chi connectivity index (χ1) is 8.84. The Morgan fingerprint density at radius 3 is 2.72 bits per heavy atom. The fourth-order valence-electron chi connectivity index (χ4n) is 2.52. The van der Waals surface area contributed by atoms with Crippen LogP contribution in [-0.4, -0.2) is 9.97 Å². The number of benzene rings is 1. The van der Waals surface area contributed by atoms with Crippen molar-refractivity contribution in [2.24, 2.45) is 0 Å².